The molecular formula is C26H20FN5O3S. The molecule has 3 N–H and O–H groups in total. The van der Waals surface area contributed by atoms with Gasteiger partial charge < -0.3 is 15.6 Å². The Morgan fingerprint density at radius 3 is 2.50 bits per heavy atom. The highest BCUT2D eigenvalue weighted by Gasteiger charge is 2.20. The lowest BCUT2D eigenvalue weighted by Crippen LogP contribution is -2.23. The summed E-state index contributed by atoms with van der Waals surface area (Å²) in [7, 11) is 0. The van der Waals surface area contributed by atoms with Gasteiger partial charge in [0.25, 0.3) is 5.56 Å². The summed E-state index contributed by atoms with van der Waals surface area (Å²) in [5.41, 5.74) is 2.06. The Balaban J connectivity index is 1.50. The highest BCUT2D eigenvalue weighted by Crippen LogP contribution is 2.27. The van der Waals surface area contributed by atoms with Gasteiger partial charge in [0.05, 0.1) is 11.4 Å². The van der Waals surface area contributed by atoms with Gasteiger partial charge in [0.2, 0.25) is 11.8 Å². The van der Waals surface area contributed by atoms with Crippen molar-refractivity contribution < 1.29 is 14.0 Å². The van der Waals surface area contributed by atoms with Crippen LogP contribution in [0.3, 0.4) is 0 Å². The largest absolute Gasteiger partial charge is 0.349 e. The Labute approximate surface area is 208 Å². The van der Waals surface area contributed by atoms with E-state index in [1.165, 1.54) is 29.7 Å². The van der Waals surface area contributed by atoms with Crippen LogP contribution in [0, 0.1) is 5.82 Å². The van der Waals surface area contributed by atoms with Crippen LogP contribution in [0.15, 0.2) is 82.7 Å². The van der Waals surface area contributed by atoms with Gasteiger partial charge >= 0.3 is 0 Å². The first-order valence-corrected chi connectivity index (χ1v) is 12.0. The van der Waals surface area contributed by atoms with Crippen LogP contribution in [0.2, 0.25) is 0 Å². The number of rotatable bonds is 6. The van der Waals surface area contributed by atoms with Crippen molar-refractivity contribution in [1.29, 1.82) is 0 Å². The van der Waals surface area contributed by atoms with Crippen LogP contribution < -0.4 is 16.2 Å². The monoisotopic (exact) mass is 501 g/mol. The molecule has 0 aliphatic heterocycles. The fraction of sp³-hybridized carbons (Fsp3) is 0.0769. The molecule has 0 spiro atoms. The van der Waals surface area contributed by atoms with Crippen molar-refractivity contribution >= 4 is 56.9 Å². The summed E-state index contributed by atoms with van der Waals surface area (Å²) >= 11 is 1.02. The predicted molar refractivity (Wildman–Crippen MR) is 139 cm³/mol. The first kappa shape index (κ1) is 23.3. The maximum Gasteiger partial charge on any atom is 0.283 e. The number of para-hydroxylation sites is 2. The van der Waals surface area contributed by atoms with Gasteiger partial charge in [-0.15, -0.1) is 0 Å². The van der Waals surface area contributed by atoms with Gasteiger partial charge in [-0.3, -0.25) is 19.0 Å². The SMILES string of the molecule is CC(=O)Nc1cccc(NC(=O)CSc2nc3c([nH]c4ccccc43)c(=O)n2-c2ccccc2F)c1. The molecule has 2 aromatic heterocycles. The molecule has 0 unspecified atom stereocenters. The van der Waals surface area contributed by atoms with Gasteiger partial charge in [-0.25, -0.2) is 9.37 Å². The van der Waals surface area contributed by atoms with Crippen LogP contribution >= 0.6 is 11.8 Å². The van der Waals surface area contributed by atoms with Crippen LogP contribution in [0.25, 0.3) is 27.6 Å². The van der Waals surface area contributed by atoms with Crippen molar-refractivity contribution in [2.24, 2.45) is 0 Å². The van der Waals surface area contributed by atoms with E-state index >= 15 is 0 Å². The molecule has 2 heterocycles. The predicted octanol–water partition coefficient (Wildman–Crippen LogP) is 4.70. The van der Waals surface area contributed by atoms with E-state index in [4.69, 9.17) is 0 Å². The molecule has 2 amide bonds. The van der Waals surface area contributed by atoms with Crippen LogP contribution in [-0.2, 0) is 9.59 Å². The molecule has 0 bridgehead atoms. The number of aromatic nitrogens is 3. The van der Waals surface area contributed by atoms with E-state index in [1.807, 2.05) is 24.3 Å². The number of anilines is 2. The van der Waals surface area contributed by atoms with Crippen LogP contribution in [-0.4, -0.2) is 32.1 Å². The number of hydrogen-bond acceptors (Lipinski definition) is 5. The third kappa shape index (κ3) is 4.58. The second-order valence-corrected chi connectivity index (χ2v) is 8.92. The Bertz CT molecular complexity index is 1690. The molecule has 0 fully saturated rings. The second-order valence-electron chi connectivity index (χ2n) is 7.98. The van der Waals surface area contributed by atoms with Gasteiger partial charge in [-0.2, -0.15) is 0 Å². The summed E-state index contributed by atoms with van der Waals surface area (Å²) in [4.78, 5) is 45.3. The van der Waals surface area contributed by atoms with Gasteiger partial charge in [-0.1, -0.05) is 48.2 Å². The molecule has 0 aliphatic rings. The lowest BCUT2D eigenvalue weighted by Gasteiger charge is -2.13. The first-order chi connectivity index (χ1) is 17.4. The number of nitrogens with one attached hydrogen (secondary N) is 3. The van der Waals surface area contributed by atoms with Gasteiger partial charge in [0, 0.05) is 29.2 Å². The zero-order chi connectivity index (χ0) is 25.2. The van der Waals surface area contributed by atoms with E-state index in [0.717, 1.165) is 22.7 Å². The van der Waals surface area contributed by atoms with Crippen molar-refractivity contribution in [2.45, 2.75) is 12.1 Å². The van der Waals surface area contributed by atoms with E-state index < -0.39 is 11.4 Å². The van der Waals surface area contributed by atoms with Crippen LogP contribution in [0.1, 0.15) is 6.92 Å². The zero-order valence-electron chi connectivity index (χ0n) is 19.0. The molecule has 10 heteroatoms. The Morgan fingerprint density at radius 2 is 1.72 bits per heavy atom. The summed E-state index contributed by atoms with van der Waals surface area (Å²) in [5.74, 6) is -1.25. The molecule has 8 nitrogen and oxygen atoms in total. The van der Waals surface area contributed by atoms with Gasteiger partial charge in [0.15, 0.2) is 5.16 Å². The van der Waals surface area contributed by atoms with Crippen molar-refractivity contribution in [3.63, 3.8) is 0 Å². The van der Waals surface area contributed by atoms with Gasteiger partial charge in [-0.05, 0) is 36.4 Å². The molecule has 0 atom stereocenters. The highest BCUT2D eigenvalue weighted by atomic mass is 32.2. The molecule has 5 rings (SSSR count). The number of amides is 2. The number of thioether (sulfide) groups is 1. The number of carbonyl (C=O) groups excluding carboxylic acids is 2. The Kier molecular flexibility index (Phi) is 6.26. The second kappa shape index (κ2) is 9.67. The van der Waals surface area contributed by atoms with E-state index in [1.54, 1.807) is 30.3 Å². The van der Waals surface area contributed by atoms with E-state index in [9.17, 15) is 18.8 Å². The number of hydrogen-bond donors (Lipinski definition) is 3. The number of benzene rings is 3. The van der Waals surface area contributed by atoms with Crippen LogP contribution in [0.4, 0.5) is 15.8 Å². The van der Waals surface area contributed by atoms with Crippen molar-refractivity contribution in [2.75, 3.05) is 16.4 Å². The van der Waals surface area contributed by atoms with Crippen molar-refractivity contribution in [1.82, 2.24) is 14.5 Å². The summed E-state index contributed by atoms with van der Waals surface area (Å²) in [6.07, 6.45) is 0. The normalized spacial score (nSPS) is 11.1. The van der Waals surface area contributed by atoms with E-state index in [0.29, 0.717) is 16.9 Å². The first-order valence-electron chi connectivity index (χ1n) is 11.0. The molecule has 5 aromatic rings. The fourth-order valence-electron chi connectivity index (χ4n) is 3.89. The lowest BCUT2D eigenvalue weighted by atomic mass is 10.2. The molecule has 36 heavy (non-hydrogen) atoms. The fourth-order valence-corrected chi connectivity index (χ4v) is 4.69. The number of H-pyrrole nitrogens is 1. The van der Waals surface area contributed by atoms with E-state index in [2.05, 4.69) is 20.6 Å². The number of carbonyl (C=O) groups is 2. The number of fused-ring (bicyclic) bond motifs is 3. The molecule has 3 aromatic carbocycles. The molecule has 0 saturated heterocycles. The average molecular weight is 502 g/mol. The molecule has 0 saturated carbocycles. The highest BCUT2D eigenvalue weighted by molar-refractivity contribution is 7.99. The maximum atomic E-state index is 14.7. The smallest absolute Gasteiger partial charge is 0.283 e. The molecule has 0 aliphatic carbocycles. The minimum absolute atomic E-state index is 0.0430. The van der Waals surface area contributed by atoms with Gasteiger partial charge in [0.1, 0.15) is 16.9 Å². The Hall–Kier alpha value is -4.44. The number of halogens is 1. The van der Waals surface area contributed by atoms with Crippen molar-refractivity contribution in [3.8, 4) is 5.69 Å². The zero-order valence-corrected chi connectivity index (χ0v) is 19.9. The summed E-state index contributed by atoms with van der Waals surface area (Å²) in [5, 5.41) is 6.37. The summed E-state index contributed by atoms with van der Waals surface area (Å²) in [6.45, 7) is 1.40. The summed E-state index contributed by atoms with van der Waals surface area (Å²) in [6, 6.07) is 20.0. The standard InChI is InChI=1S/C26H20FN5O3S/c1-15(33)28-16-7-6-8-17(13-16)29-22(34)14-36-26-31-23-18-9-2-4-11-20(18)30-24(23)25(35)32(26)21-12-5-3-10-19(21)27/h2-13,30H,14H2,1H3,(H,28,33)(H,29,34). The number of nitrogens with zero attached hydrogens (tertiary/aromatic N) is 2. The Morgan fingerprint density at radius 1 is 1.00 bits per heavy atom. The maximum absolute atomic E-state index is 14.7. The molecular weight excluding hydrogens is 481 g/mol. The molecule has 0 radical (unpaired) electrons. The minimum atomic E-state index is -0.585. The molecule has 180 valence electrons. The lowest BCUT2D eigenvalue weighted by molar-refractivity contribution is -0.114. The quantitative estimate of drug-likeness (QED) is 0.231. The minimum Gasteiger partial charge on any atom is -0.349 e. The van der Waals surface area contributed by atoms with E-state index in [-0.39, 0.29) is 33.9 Å². The topological polar surface area (TPSA) is 109 Å². The third-order valence-electron chi connectivity index (χ3n) is 5.39. The number of aromatic amines is 1. The van der Waals surface area contributed by atoms with Crippen LogP contribution in [0.5, 0.6) is 0 Å². The van der Waals surface area contributed by atoms with Crippen molar-refractivity contribution in [3.05, 3.63) is 89.0 Å². The average Bonchev–Trinajstić information content (AvgIpc) is 3.22. The summed E-state index contributed by atoms with van der Waals surface area (Å²) < 4.78 is 15.9. The third-order valence-corrected chi connectivity index (χ3v) is 6.33.